The van der Waals surface area contributed by atoms with Crippen molar-refractivity contribution < 1.29 is 4.74 Å². The lowest BCUT2D eigenvalue weighted by atomic mass is 9.96. The quantitative estimate of drug-likeness (QED) is 0.663. The third-order valence-electron chi connectivity index (χ3n) is 2.94. The van der Waals surface area contributed by atoms with E-state index in [-0.39, 0.29) is 5.41 Å². The van der Waals surface area contributed by atoms with Gasteiger partial charge in [-0.2, -0.15) is 0 Å². The van der Waals surface area contributed by atoms with Crippen LogP contribution in [-0.2, 0) is 5.41 Å². The smallest absolute Gasteiger partial charge is 0.224 e. The molecule has 2 nitrogen and oxygen atoms in total. The molecule has 1 saturated carbocycles. The molecule has 0 saturated heterocycles. The van der Waals surface area contributed by atoms with Gasteiger partial charge < -0.3 is 9.58 Å². The summed E-state index contributed by atoms with van der Waals surface area (Å²) >= 11 is 0. The Morgan fingerprint density at radius 1 is 1.36 bits per heavy atom. The molecule has 72 valence electrons. The predicted octanol–water partition coefficient (Wildman–Crippen LogP) is 2.65. The van der Waals surface area contributed by atoms with E-state index in [0.717, 1.165) is 18.6 Å². The van der Waals surface area contributed by atoms with Gasteiger partial charge in [-0.25, -0.2) is 6.57 Å². The zero-order valence-electron chi connectivity index (χ0n) is 8.29. The Hall–Kier alpha value is -1.49. The fourth-order valence-electron chi connectivity index (χ4n) is 1.78. The highest BCUT2D eigenvalue weighted by Crippen LogP contribution is 2.48. The molecule has 1 fully saturated rings. The van der Waals surface area contributed by atoms with E-state index in [0.29, 0.717) is 6.54 Å². The summed E-state index contributed by atoms with van der Waals surface area (Å²) in [5.74, 6) is 0.882. The van der Waals surface area contributed by atoms with Gasteiger partial charge in [0.1, 0.15) is 5.75 Å². The Kier molecular flexibility index (Phi) is 2.17. The summed E-state index contributed by atoms with van der Waals surface area (Å²) in [6.45, 7) is 7.55. The van der Waals surface area contributed by atoms with Crippen molar-refractivity contribution in [3.8, 4) is 5.75 Å². The Morgan fingerprint density at radius 3 is 2.43 bits per heavy atom. The second kappa shape index (κ2) is 3.34. The van der Waals surface area contributed by atoms with Gasteiger partial charge in [-0.15, -0.1) is 0 Å². The summed E-state index contributed by atoms with van der Waals surface area (Å²) in [6.07, 6.45) is 2.31. The second-order valence-electron chi connectivity index (χ2n) is 3.83. The molecule has 1 aliphatic carbocycles. The van der Waals surface area contributed by atoms with E-state index in [9.17, 15) is 0 Å². The van der Waals surface area contributed by atoms with E-state index in [4.69, 9.17) is 11.3 Å². The first-order valence-electron chi connectivity index (χ1n) is 4.78. The number of hydrogen-bond acceptors (Lipinski definition) is 1. The van der Waals surface area contributed by atoms with Gasteiger partial charge in [0.25, 0.3) is 0 Å². The molecule has 0 spiro atoms. The van der Waals surface area contributed by atoms with Gasteiger partial charge in [0.05, 0.1) is 12.5 Å². The molecule has 2 heteroatoms. The monoisotopic (exact) mass is 187 g/mol. The zero-order chi connectivity index (χ0) is 10.0. The third kappa shape index (κ3) is 1.46. The molecule has 0 unspecified atom stereocenters. The molecule has 0 N–H and O–H groups in total. The van der Waals surface area contributed by atoms with Crippen LogP contribution in [0.3, 0.4) is 0 Å². The molecule has 0 aliphatic heterocycles. The number of methoxy groups -OCH3 is 1. The summed E-state index contributed by atoms with van der Waals surface area (Å²) < 4.78 is 5.10. The summed E-state index contributed by atoms with van der Waals surface area (Å²) in [4.78, 5) is 3.51. The first-order valence-corrected chi connectivity index (χ1v) is 4.78. The molecule has 0 amide bonds. The SMILES string of the molecule is [C-]#[N+]CC1(c2ccc(OC)cc2)CC1. The van der Waals surface area contributed by atoms with E-state index >= 15 is 0 Å². The van der Waals surface area contributed by atoms with Gasteiger partial charge in [0, 0.05) is 0 Å². The topological polar surface area (TPSA) is 13.6 Å². The fraction of sp³-hybridized carbons (Fsp3) is 0.417. The van der Waals surface area contributed by atoms with E-state index in [1.165, 1.54) is 5.56 Å². The highest BCUT2D eigenvalue weighted by molar-refractivity contribution is 5.37. The summed E-state index contributed by atoms with van der Waals surface area (Å²) in [5, 5.41) is 0. The number of hydrogen-bond donors (Lipinski definition) is 0. The van der Waals surface area contributed by atoms with E-state index in [1.54, 1.807) is 7.11 Å². The van der Waals surface area contributed by atoms with Crippen molar-refractivity contribution in [2.45, 2.75) is 18.3 Å². The normalized spacial score (nSPS) is 17.1. The van der Waals surface area contributed by atoms with Gasteiger partial charge in [-0.1, -0.05) is 12.1 Å². The highest BCUT2D eigenvalue weighted by atomic mass is 16.5. The molecule has 0 heterocycles. The lowest BCUT2D eigenvalue weighted by Crippen LogP contribution is -2.09. The van der Waals surface area contributed by atoms with Gasteiger partial charge >= 0.3 is 0 Å². The predicted molar refractivity (Wildman–Crippen MR) is 55.4 cm³/mol. The molecule has 1 aromatic carbocycles. The maximum Gasteiger partial charge on any atom is 0.224 e. The van der Waals surface area contributed by atoms with Crippen LogP contribution in [0.4, 0.5) is 0 Å². The Morgan fingerprint density at radius 2 is 2.00 bits per heavy atom. The minimum absolute atomic E-state index is 0.175. The Labute approximate surface area is 84.3 Å². The highest BCUT2D eigenvalue weighted by Gasteiger charge is 2.47. The van der Waals surface area contributed by atoms with Gasteiger partial charge in [-0.3, -0.25) is 0 Å². The number of rotatable bonds is 3. The molecule has 0 radical (unpaired) electrons. The Bertz CT molecular complexity index is 357. The lowest BCUT2D eigenvalue weighted by Gasteiger charge is -2.09. The van der Waals surface area contributed by atoms with Crippen LogP contribution in [0.5, 0.6) is 5.75 Å². The third-order valence-corrected chi connectivity index (χ3v) is 2.94. The van der Waals surface area contributed by atoms with Crippen LogP contribution in [0.25, 0.3) is 4.85 Å². The number of ether oxygens (including phenoxy) is 1. The molecule has 0 aromatic heterocycles. The van der Waals surface area contributed by atoms with Crippen molar-refractivity contribution in [3.63, 3.8) is 0 Å². The number of nitrogens with zero attached hydrogens (tertiary/aromatic N) is 1. The number of benzene rings is 1. The largest absolute Gasteiger partial charge is 0.497 e. The molecule has 2 rings (SSSR count). The maximum atomic E-state index is 6.93. The van der Waals surface area contributed by atoms with Crippen molar-refractivity contribution in [1.29, 1.82) is 0 Å². The molecular formula is C12H13NO. The van der Waals surface area contributed by atoms with E-state index in [1.807, 2.05) is 12.1 Å². The lowest BCUT2D eigenvalue weighted by molar-refractivity contribution is 0.414. The van der Waals surface area contributed by atoms with Crippen molar-refractivity contribution >= 4 is 0 Å². The second-order valence-corrected chi connectivity index (χ2v) is 3.83. The van der Waals surface area contributed by atoms with Crippen LogP contribution in [-0.4, -0.2) is 13.7 Å². The van der Waals surface area contributed by atoms with Crippen molar-refractivity contribution in [3.05, 3.63) is 41.2 Å². The van der Waals surface area contributed by atoms with Crippen LogP contribution in [0, 0.1) is 6.57 Å². The maximum absolute atomic E-state index is 6.93. The molecule has 0 bridgehead atoms. The molecular weight excluding hydrogens is 174 g/mol. The van der Waals surface area contributed by atoms with Crippen molar-refractivity contribution in [2.24, 2.45) is 0 Å². The van der Waals surface area contributed by atoms with Crippen LogP contribution < -0.4 is 4.74 Å². The first-order chi connectivity index (χ1) is 6.80. The van der Waals surface area contributed by atoms with Gasteiger partial charge in [0.15, 0.2) is 0 Å². The first kappa shape index (κ1) is 9.08. The van der Waals surface area contributed by atoms with Crippen LogP contribution in [0.2, 0.25) is 0 Å². The summed E-state index contributed by atoms with van der Waals surface area (Å²) in [6, 6.07) is 8.10. The molecule has 1 aliphatic rings. The minimum Gasteiger partial charge on any atom is -0.497 e. The summed E-state index contributed by atoms with van der Waals surface area (Å²) in [5.41, 5.74) is 1.46. The van der Waals surface area contributed by atoms with Gasteiger partial charge in [0.2, 0.25) is 6.54 Å². The molecule has 1 aromatic rings. The van der Waals surface area contributed by atoms with Crippen LogP contribution >= 0.6 is 0 Å². The summed E-state index contributed by atoms with van der Waals surface area (Å²) in [7, 11) is 1.67. The van der Waals surface area contributed by atoms with E-state index in [2.05, 4.69) is 17.0 Å². The standard InChI is InChI=1S/C12H13NO/c1-13-9-12(7-8-12)10-3-5-11(14-2)6-4-10/h3-6H,7-9H2,2H3. The van der Waals surface area contributed by atoms with Crippen LogP contribution in [0.15, 0.2) is 24.3 Å². The van der Waals surface area contributed by atoms with E-state index < -0.39 is 0 Å². The van der Waals surface area contributed by atoms with Gasteiger partial charge in [-0.05, 0) is 30.5 Å². The zero-order valence-corrected chi connectivity index (χ0v) is 8.29. The Balaban J connectivity index is 2.21. The minimum atomic E-state index is 0.175. The molecule has 0 atom stereocenters. The average Bonchev–Trinajstić information content (AvgIpc) is 3.00. The van der Waals surface area contributed by atoms with Crippen LogP contribution in [0.1, 0.15) is 18.4 Å². The van der Waals surface area contributed by atoms with Crippen molar-refractivity contribution in [2.75, 3.05) is 13.7 Å². The fourth-order valence-corrected chi connectivity index (χ4v) is 1.78. The average molecular weight is 187 g/mol. The van der Waals surface area contributed by atoms with Crippen molar-refractivity contribution in [1.82, 2.24) is 0 Å². The molecule has 14 heavy (non-hydrogen) atoms.